The molecule has 0 atom stereocenters. The number of rotatable bonds is 5. The SMILES string of the molecule is O=C(Oc1cc(I)cc(I)c1I)c1cc(C2CCCCC2)c(S(=O)(=O)O)c(C2CCCCC2)c1. The van der Waals surface area contributed by atoms with Crippen molar-refractivity contribution < 1.29 is 22.5 Å². The molecule has 1 N–H and O–H groups in total. The molecule has 0 bridgehead atoms. The molecule has 4 rings (SSSR count). The number of hydrogen-bond acceptors (Lipinski definition) is 4. The van der Waals surface area contributed by atoms with Crippen molar-refractivity contribution >= 4 is 83.9 Å². The third-order valence-corrected chi connectivity index (χ3v) is 11.5. The van der Waals surface area contributed by atoms with Gasteiger partial charge in [-0.05, 0) is 141 Å². The molecule has 2 fully saturated rings. The summed E-state index contributed by atoms with van der Waals surface area (Å²) in [6, 6.07) is 7.18. The molecular weight excluding hydrogens is 793 g/mol. The van der Waals surface area contributed by atoms with E-state index in [4.69, 9.17) is 4.74 Å². The molecule has 2 aliphatic carbocycles. The molecule has 0 heterocycles. The predicted molar refractivity (Wildman–Crippen MR) is 157 cm³/mol. The molecule has 0 aliphatic heterocycles. The van der Waals surface area contributed by atoms with Gasteiger partial charge in [0.05, 0.1) is 9.13 Å². The van der Waals surface area contributed by atoms with E-state index in [2.05, 4.69) is 67.8 Å². The predicted octanol–water partition coefficient (Wildman–Crippen LogP) is 8.06. The summed E-state index contributed by atoms with van der Waals surface area (Å²) in [4.78, 5) is 13.4. The first-order valence-electron chi connectivity index (χ1n) is 11.7. The number of hydrogen-bond donors (Lipinski definition) is 1. The first kappa shape index (κ1) is 27.1. The molecule has 0 unspecified atom stereocenters. The lowest BCUT2D eigenvalue weighted by molar-refractivity contribution is 0.0732. The minimum absolute atomic E-state index is 0.0134. The maximum atomic E-state index is 13.4. The van der Waals surface area contributed by atoms with E-state index >= 15 is 0 Å². The van der Waals surface area contributed by atoms with Crippen molar-refractivity contribution in [3.05, 3.63) is 51.7 Å². The van der Waals surface area contributed by atoms with Gasteiger partial charge in [-0.15, -0.1) is 0 Å². The van der Waals surface area contributed by atoms with Gasteiger partial charge in [0, 0.05) is 7.14 Å². The van der Waals surface area contributed by atoms with Crippen molar-refractivity contribution in [3.63, 3.8) is 0 Å². The molecule has 0 amide bonds. The lowest BCUT2D eigenvalue weighted by Crippen LogP contribution is -2.19. The van der Waals surface area contributed by atoms with Crippen LogP contribution in [0.1, 0.15) is 97.5 Å². The lowest BCUT2D eigenvalue weighted by Gasteiger charge is -2.29. The molecule has 0 spiro atoms. The first-order chi connectivity index (χ1) is 16.1. The average Bonchev–Trinajstić information content (AvgIpc) is 2.82. The van der Waals surface area contributed by atoms with Gasteiger partial charge in [0.1, 0.15) is 10.6 Å². The van der Waals surface area contributed by atoms with Crippen LogP contribution < -0.4 is 4.74 Å². The van der Waals surface area contributed by atoms with Crippen molar-refractivity contribution in [1.29, 1.82) is 0 Å². The molecule has 0 radical (unpaired) electrons. The van der Waals surface area contributed by atoms with Crippen molar-refractivity contribution in [3.8, 4) is 5.75 Å². The largest absolute Gasteiger partial charge is 0.422 e. The summed E-state index contributed by atoms with van der Waals surface area (Å²) in [6.45, 7) is 0. The van der Waals surface area contributed by atoms with Crippen LogP contribution >= 0.6 is 67.8 Å². The average molecular weight is 820 g/mol. The van der Waals surface area contributed by atoms with Crippen LogP contribution in [0.5, 0.6) is 5.75 Å². The normalized spacial score (nSPS) is 18.1. The smallest absolute Gasteiger partial charge is 0.343 e. The topological polar surface area (TPSA) is 80.7 Å². The maximum absolute atomic E-state index is 13.4. The number of esters is 1. The summed E-state index contributed by atoms with van der Waals surface area (Å²) in [5.41, 5.74) is 1.53. The molecule has 9 heteroatoms. The second-order valence-corrected chi connectivity index (χ2v) is 14.1. The van der Waals surface area contributed by atoms with E-state index < -0.39 is 16.1 Å². The summed E-state index contributed by atoms with van der Waals surface area (Å²) in [5.74, 6) is 0.0324. The molecule has 34 heavy (non-hydrogen) atoms. The summed E-state index contributed by atoms with van der Waals surface area (Å²) >= 11 is 6.59. The Hall–Kier alpha value is 0.01000. The Morgan fingerprint density at radius 1 is 0.824 bits per heavy atom. The fraction of sp³-hybridized carbons (Fsp3) is 0.480. The Bertz CT molecular complexity index is 1140. The number of carbonyl (C=O) groups is 1. The van der Waals surface area contributed by atoms with Gasteiger partial charge in [-0.25, -0.2) is 4.79 Å². The zero-order valence-corrected chi connectivity index (χ0v) is 25.9. The van der Waals surface area contributed by atoms with Gasteiger partial charge >= 0.3 is 5.97 Å². The molecule has 184 valence electrons. The van der Waals surface area contributed by atoms with E-state index in [1.165, 1.54) is 0 Å². The van der Waals surface area contributed by atoms with Gasteiger partial charge in [0.15, 0.2) is 0 Å². The number of benzene rings is 2. The maximum Gasteiger partial charge on any atom is 0.343 e. The number of halogens is 3. The van der Waals surface area contributed by atoms with E-state index in [-0.39, 0.29) is 16.7 Å². The van der Waals surface area contributed by atoms with Crippen LogP contribution in [0, 0.1) is 10.7 Å². The summed E-state index contributed by atoms with van der Waals surface area (Å²) < 4.78 is 44.4. The number of ether oxygens (including phenoxy) is 1. The zero-order valence-electron chi connectivity index (χ0n) is 18.7. The Morgan fingerprint density at radius 3 is 1.79 bits per heavy atom. The Morgan fingerprint density at radius 2 is 1.32 bits per heavy atom. The van der Waals surface area contributed by atoms with Gasteiger partial charge in [-0.2, -0.15) is 8.42 Å². The number of carbonyl (C=O) groups excluding carboxylic acids is 1. The second kappa shape index (κ2) is 11.6. The van der Waals surface area contributed by atoms with E-state index in [0.29, 0.717) is 22.4 Å². The molecule has 2 aliphatic rings. The molecule has 0 saturated heterocycles. The molecule has 2 aromatic carbocycles. The highest BCUT2D eigenvalue weighted by atomic mass is 127. The molecule has 2 aromatic rings. The standard InChI is InChI=1S/C25H27I3O5S/c26-18-13-21(27)23(28)22(14-18)33-25(29)17-11-19(15-7-3-1-4-8-15)24(34(30,31)32)20(12-17)16-9-5-2-6-10-16/h11-16H,1-10H2,(H,30,31,32). The Kier molecular flexibility index (Phi) is 9.23. The van der Waals surface area contributed by atoms with Crippen LogP contribution in [0.2, 0.25) is 0 Å². The molecular formula is C25H27I3O5S. The van der Waals surface area contributed by atoms with Crippen LogP contribution in [0.3, 0.4) is 0 Å². The van der Waals surface area contributed by atoms with Crippen molar-refractivity contribution in [2.75, 3.05) is 0 Å². The minimum Gasteiger partial charge on any atom is -0.422 e. The van der Waals surface area contributed by atoms with Crippen LogP contribution in [0.25, 0.3) is 0 Å². The fourth-order valence-electron chi connectivity index (χ4n) is 5.29. The lowest BCUT2D eigenvalue weighted by atomic mass is 9.79. The van der Waals surface area contributed by atoms with Crippen molar-refractivity contribution in [1.82, 2.24) is 0 Å². The van der Waals surface area contributed by atoms with Gasteiger partial charge in [-0.1, -0.05) is 38.5 Å². The Labute approximate surface area is 242 Å². The quantitative estimate of drug-likeness (QED) is 0.109. The molecule has 2 saturated carbocycles. The summed E-state index contributed by atoms with van der Waals surface area (Å²) in [7, 11) is -4.44. The van der Waals surface area contributed by atoms with Gasteiger partial charge in [0.2, 0.25) is 0 Å². The third-order valence-electron chi connectivity index (χ3n) is 6.89. The molecule has 5 nitrogen and oxygen atoms in total. The van der Waals surface area contributed by atoms with Crippen LogP contribution in [0.4, 0.5) is 0 Å². The van der Waals surface area contributed by atoms with Gasteiger partial charge in [0.25, 0.3) is 10.1 Å². The summed E-state index contributed by atoms with van der Waals surface area (Å²) in [5, 5.41) is 0. The highest BCUT2D eigenvalue weighted by Gasteiger charge is 2.32. The summed E-state index contributed by atoms with van der Waals surface area (Å²) in [6.07, 6.45) is 9.75. The van der Waals surface area contributed by atoms with E-state index in [9.17, 15) is 17.8 Å². The highest BCUT2D eigenvalue weighted by molar-refractivity contribution is 14.1. The van der Waals surface area contributed by atoms with Crippen LogP contribution in [-0.4, -0.2) is 18.9 Å². The van der Waals surface area contributed by atoms with Crippen LogP contribution in [-0.2, 0) is 10.1 Å². The van der Waals surface area contributed by atoms with Crippen molar-refractivity contribution in [2.45, 2.75) is 80.9 Å². The Balaban J connectivity index is 1.83. The van der Waals surface area contributed by atoms with Crippen molar-refractivity contribution in [2.24, 2.45) is 0 Å². The van der Waals surface area contributed by atoms with E-state index in [1.807, 2.05) is 12.1 Å². The highest BCUT2D eigenvalue weighted by Crippen LogP contribution is 2.43. The zero-order chi connectivity index (χ0) is 24.5. The van der Waals surface area contributed by atoms with Gasteiger partial charge in [-0.3, -0.25) is 4.55 Å². The van der Waals surface area contributed by atoms with Gasteiger partial charge < -0.3 is 4.74 Å². The first-order valence-corrected chi connectivity index (χ1v) is 16.3. The monoisotopic (exact) mass is 820 g/mol. The van der Waals surface area contributed by atoms with E-state index in [1.54, 1.807) is 12.1 Å². The molecule has 0 aromatic heterocycles. The second-order valence-electron chi connectivity index (χ2n) is 9.22. The van der Waals surface area contributed by atoms with Crippen LogP contribution in [0.15, 0.2) is 29.2 Å². The third kappa shape index (κ3) is 6.28. The fourth-order valence-corrected chi connectivity index (χ4v) is 8.55. The minimum atomic E-state index is -4.44. The van der Waals surface area contributed by atoms with E-state index in [0.717, 1.165) is 74.9 Å².